The Hall–Kier alpha value is -0.790. The maximum atomic E-state index is 4.66. The molecule has 1 atom stereocenters. The summed E-state index contributed by atoms with van der Waals surface area (Å²) in [5.74, 6) is 1.67. The number of fused-ring (bicyclic) bond motifs is 1. The molecule has 1 unspecified atom stereocenters. The molecule has 2 heteroatoms. The Labute approximate surface area is 92.7 Å². The van der Waals surface area contributed by atoms with Gasteiger partial charge in [0.1, 0.15) is 0 Å². The number of hydrogen-bond donors (Lipinski definition) is 0. The van der Waals surface area contributed by atoms with Crippen molar-refractivity contribution in [3.8, 4) is 0 Å². The summed E-state index contributed by atoms with van der Waals surface area (Å²) >= 11 is 0. The van der Waals surface area contributed by atoms with Gasteiger partial charge in [-0.15, -0.1) is 0 Å². The van der Waals surface area contributed by atoms with Crippen molar-refractivity contribution in [3.05, 3.63) is 17.5 Å². The van der Waals surface area contributed by atoms with E-state index < -0.39 is 0 Å². The molecular formula is C13H22N2. The summed E-state index contributed by atoms with van der Waals surface area (Å²) in [6.07, 6.45) is 5.99. The van der Waals surface area contributed by atoms with Crippen LogP contribution in [0.3, 0.4) is 0 Å². The van der Waals surface area contributed by atoms with Crippen LogP contribution in [0.2, 0.25) is 0 Å². The molecule has 1 aliphatic carbocycles. The molecule has 15 heavy (non-hydrogen) atoms. The molecule has 0 aliphatic heterocycles. The molecule has 0 saturated heterocycles. The van der Waals surface area contributed by atoms with Gasteiger partial charge in [0.15, 0.2) is 0 Å². The lowest BCUT2D eigenvalue weighted by Crippen LogP contribution is -2.18. The lowest BCUT2D eigenvalue weighted by Gasteiger charge is -2.24. The van der Waals surface area contributed by atoms with Gasteiger partial charge < -0.3 is 0 Å². The van der Waals surface area contributed by atoms with Crippen molar-refractivity contribution in [2.75, 3.05) is 0 Å². The van der Waals surface area contributed by atoms with E-state index in [1.165, 1.54) is 30.5 Å². The molecule has 1 aliphatic rings. The lowest BCUT2D eigenvalue weighted by molar-refractivity contribution is 0.341. The topological polar surface area (TPSA) is 17.8 Å². The quantitative estimate of drug-likeness (QED) is 0.726. The van der Waals surface area contributed by atoms with Crippen LogP contribution in [-0.2, 0) is 12.8 Å². The fourth-order valence-electron chi connectivity index (χ4n) is 2.39. The molecule has 0 saturated carbocycles. The summed E-state index contributed by atoms with van der Waals surface area (Å²) in [6, 6.07) is 0.494. The second-order valence-electron chi connectivity index (χ2n) is 5.42. The van der Waals surface area contributed by atoms with E-state index in [0.717, 1.165) is 11.8 Å². The summed E-state index contributed by atoms with van der Waals surface area (Å²) in [5, 5.41) is 4.66. The highest BCUT2D eigenvalue weighted by molar-refractivity contribution is 5.21. The molecule has 1 aromatic heterocycles. The summed E-state index contributed by atoms with van der Waals surface area (Å²) < 4.78 is 2.12. The molecule has 1 heterocycles. The highest BCUT2D eigenvalue weighted by atomic mass is 15.3. The average Bonchev–Trinajstić information content (AvgIpc) is 2.59. The Morgan fingerprint density at radius 3 is 2.67 bits per heavy atom. The molecule has 84 valence electrons. The second kappa shape index (κ2) is 3.99. The van der Waals surface area contributed by atoms with Crippen LogP contribution in [0.1, 0.15) is 51.4 Å². The molecule has 0 aromatic carbocycles. The van der Waals surface area contributed by atoms with Crippen LogP contribution in [0.25, 0.3) is 0 Å². The van der Waals surface area contributed by atoms with Crippen LogP contribution in [0, 0.1) is 11.8 Å². The summed E-state index contributed by atoms with van der Waals surface area (Å²) in [4.78, 5) is 0. The lowest BCUT2D eigenvalue weighted by atomic mass is 9.81. The number of hydrogen-bond acceptors (Lipinski definition) is 1. The first-order valence-corrected chi connectivity index (χ1v) is 6.15. The van der Waals surface area contributed by atoms with Crippen molar-refractivity contribution < 1.29 is 0 Å². The standard InChI is InChI=1S/C13H22N2/c1-9(2)11-5-6-13-12(7-11)8-15(14-13)10(3)4/h8-11H,5-7H2,1-4H3. The molecule has 0 amide bonds. The number of aryl methyl sites for hydroxylation is 1. The molecule has 0 N–H and O–H groups in total. The largest absolute Gasteiger partial charge is 0.270 e. The van der Waals surface area contributed by atoms with Gasteiger partial charge in [0.2, 0.25) is 0 Å². The van der Waals surface area contributed by atoms with Crippen molar-refractivity contribution >= 4 is 0 Å². The van der Waals surface area contributed by atoms with Gasteiger partial charge in [0.05, 0.1) is 5.69 Å². The summed E-state index contributed by atoms with van der Waals surface area (Å²) in [6.45, 7) is 9.06. The predicted octanol–water partition coefficient (Wildman–Crippen LogP) is 3.22. The summed E-state index contributed by atoms with van der Waals surface area (Å²) in [7, 11) is 0. The normalized spacial score (nSPS) is 21.1. The predicted molar refractivity (Wildman–Crippen MR) is 63.0 cm³/mol. The molecule has 1 aromatic rings. The van der Waals surface area contributed by atoms with E-state index in [0.29, 0.717) is 6.04 Å². The van der Waals surface area contributed by atoms with Crippen LogP contribution >= 0.6 is 0 Å². The van der Waals surface area contributed by atoms with Crippen LogP contribution in [-0.4, -0.2) is 9.78 Å². The maximum Gasteiger partial charge on any atom is 0.0656 e. The number of nitrogens with zero attached hydrogens (tertiary/aromatic N) is 2. The van der Waals surface area contributed by atoms with E-state index in [1.807, 2.05) is 0 Å². The first-order chi connectivity index (χ1) is 7.08. The molecular weight excluding hydrogens is 184 g/mol. The Kier molecular flexibility index (Phi) is 2.85. The Morgan fingerprint density at radius 2 is 2.07 bits per heavy atom. The smallest absolute Gasteiger partial charge is 0.0656 e. The van der Waals surface area contributed by atoms with Gasteiger partial charge in [-0.05, 0) is 50.5 Å². The van der Waals surface area contributed by atoms with Crippen LogP contribution < -0.4 is 0 Å². The highest BCUT2D eigenvalue weighted by Crippen LogP contribution is 2.29. The molecule has 0 radical (unpaired) electrons. The van der Waals surface area contributed by atoms with Crippen molar-refractivity contribution in [1.82, 2.24) is 9.78 Å². The number of aromatic nitrogens is 2. The zero-order valence-corrected chi connectivity index (χ0v) is 10.3. The highest BCUT2D eigenvalue weighted by Gasteiger charge is 2.23. The minimum Gasteiger partial charge on any atom is -0.270 e. The molecule has 2 rings (SSSR count). The van der Waals surface area contributed by atoms with Crippen molar-refractivity contribution in [3.63, 3.8) is 0 Å². The van der Waals surface area contributed by atoms with Crippen molar-refractivity contribution in [2.45, 2.75) is 53.0 Å². The Bertz CT molecular complexity index is 336. The third kappa shape index (κ3) is 2.09. The van der Waals surface area contributed by atoms with Crippen LogP contribution in [0.15, 0.2) is 6.20 Å². The Balaban J connectivity index is 2.19. The first-order valence-electron chi connectivity index (χ1n) is 6.15. The Morgan fingerprint density at radius 1 is 1.33 bits per heavy atom. The SMILES string of the molecule is CC(C)C1CCc2nn(C(C)C)cc2C1. The minimum absolute atomic E-state index is 0.494. The molecule has 0 spiro atoms. The minimum atomic E-state index is 0.494. The monoisotopic (exact) mass is 206 g/mol. The number of rotatable bonds is 2. The molecule has 2 nitrogen and oxygen atoms in total. The molecule has 0 fully saturated rings. The van der Waals surface area contributed by atoms with Crippen molar-refractivity contribution in [2.24, 2.45) is 11.8 Å². The van der Waals surface area contributed by atoms with Crippen LogP contribution in [0.4, 0.5) is 0 Å². The van der Waals surface area contributed by atoms with Gasteiger partial charge in [-0.2, -0.15) is 5.10 Å². The van der Waals surface area contributed by atoms with E-state index in [4.69, 9.17) is 0 Å². The average molecular weight is 206 g/mol. The summed E-state index contributed by atoms with van der Waals surface area (Å²) in [5.41, 5.74) is 2.84. The van der Waals surface area contributed by atoms with Gasteiger partial charge in [0.25, 0.3) is 0 Å². The van der Waals surface area contributed by atoms with Gasteiger partial charge in [-0.1, -0.05) is 13.8 Å². The fraction of sp³-hybridized carbons (Fsp3) is 0.769. The molecule has 0 bridgehead atoms. The van der Waals surface area contributed by atoms with E-state index in [1.54, 1.807) is 0 Å². The van der Waals surface area contributed by atoms with E-state index in [9.17, 15) is 0 Å². The van der Waals surface area contributed by atoms with Crippen molar-refractivity contribution in [1.29, 1.82) is 0 Å². The van der Waals surface area contributed by atoms with Crippen LogP contribution in [0.5, 0.6) is 0 Å². The third-order valence-electron chi connectivity index (χ3n) is 3.60. The maximum absolute atomic E-state index is 4.66. The van der Waals surface area contributed by atoms with Gasteiger partial charge in [0, 0.05) is 12.2 Å². The second-order valence-corrected chi connectivity index (χ2v) is 5.42. The third-order valence-corrected chi connectivity index (χ3v) is 3.60. The van der Waals surface area contributed by atoms with E-state index in [2.05, 4.69) is 43.7 Å². The van der Waals surface area contributed by atoms with E-state index in [-0.39, 0.29) is 0 Å². The van der Waals surface area contributed by atoms with Gasteiger partial charge >= 0.3 is 0 Å². The zero-order valence-electron chi connectivity index (χ0n) is 10.3. The zero-order chi connectivity index (χ0) is 11.0. The van der Waals surface area contributed by atoms with Gasteiger partial charge in [-0.3, -0.25) is 4.68 Å². The van der Waals surface area contributed by atoms with Gasteiger partial charge in [-0.25, -0.2) is 0 Å². The fourth-order valence-corrected chi connectivity index (χ4v) is 2.39. The first kappa shape index (κ1) is 10.7. The van der Waals surface area contributed by atoms with E-state index >= 15 is 0 Å².